The number of hydrogen-bond acceptors (Lipinski definition) is 2. The summed E-state index contributed by atoms with van der Waals surface area (Å²) in [6, 6.07) is 8.24. The first-order valence-corrected chi connectivity index (χ1v) is 7.68. The molecule has 3 heteroatoms. The molecule has 0 heterocycles. The fraction of sp³-hybridized carbons (Fsp3) is 0.588. The number of carbonyl (C=O) groups is 1. The monoisotopic (exact) mass is 277 g/mol. The summed E-state index contributed by atoms with van der Waals surface area (Å²) in [5, 5.41) is 12.3. The lowest BCUT2D eigenvalue weighted by Gasteiger charge is -2.10. The smallest absolute Gasteiger partial charge is 0.224 e. The van der Waals surface area contributed by atoms with E-state index in [0.29, 0.717) is 13.0 Å². The first-order valence-electron chi connectivity index (χ1n) is 7.68. The summed E-state index contributed by atoms with van der Waals surface area (Å²) in [5.74, 6) is -0.0264. The van der Waals surface area contributed by atoms with Gasteiger partial charge in [0.15, 0.2) is 0 Å². The van der Waals surface area contributed by atoms with E-state index in [2.05, 4.69) is 24.4 Å². The van der Waals surface area contributed by atoms with Gasteiger partial charge in [-0.05, 0) is 30.4 Å². The SMILES string of the molecule is CCCCc1ccc(CC(=O)NCC(O)CCC)cc1. The van der Waals surface area contributed by atoms with Crippen LogP contribution in [0.5, 0.6) is 0 Å². The fourth-order valence-corrected chi connectivity index (χ4v) is 2.12. The number of unbranched alkanes of at least 4 members (excludes halogenated alkanes) is 1. The Balaban J connectivity index is 2.34. The minimum atomic E-state index is -0.430. The van der Waals surface area contributed by atoms with Gasteiger partial charge in [-0.2, -0.15) is 0 Å². The maximum absolute atomic E-state index is 11.8. The van der Waals surface area contributed by atoms with E-state index in [4.69, 9.17) is 0 Å². The van der Waals surface area contributed by atoms with Gasteiger partial charge in [0, 0.05) is 6.54 Å². The lowest BCUT2D eigenvalue weighted by molar-refractivity contribution is -0.120. The van der Waals surface area contributed by atoms with Gasteiger partial charge in [0.05, 0.1) is 12.5 Å². The van der Waals surface area contributed by atoms with E-state index in [1.54, 1.807) is 0 Å². The average Bonchev–Trinajstić information content (AvgIpc) is 2.45. The van der Waals surface area contributed by atoms with Crippen LogP contribution in [0.15, 0.2) is 24.3 Å². The molecule has 0 radical (unpaired) electrons. The summed E-state index contributed by atoms with van der Waals surface area (Å²) in [5.41, 5.74) is 2.35. The Hall–Kier alpha value is -1.35. The molecule has 1 amide bonds. The van der Waals surface area contributed by atoms with E-state index in [-0.39, 0.29) is 5.91 Å². The lowest BCUT2D eigenvalue weighted by Crippen LogP contribution is -2.33. The van der Waals surface area contributed by atoms with Crippen molar-refractivity contribution in [2.45, 2.75) is 58.5 Å². The molecule has 0 aliphatic carbocycles. The number of amides is 1. The van der Waals surface area contributed by atoms with Crippen molar-refractivity contribution in [2.24, 2.45) is 0 Å². The summed E-state index contributed by atoms with van der Waals surface area (Å²) in [4.78, 5) is 11.8. The van der Waals surface area contributed by atoms with Crippen molar-refractivity contribution in [3.63, 3.8) is 0 Å². The minimum absolute atomic E-state index is 0.0264. The van der Waals surface area contributed by atoms with Gasteiger partial charge in [-0.1, -0.05) is 51.0 Å². The molecule has 1 unspecified atom stereocenters. The molecule has 1 atom stereocenters. The van der Waals surface area contributed by atoms with Gasteiger partial charge in [0.2, 0.25) is 5.91 Å². The number of rotatable bonds is 9. The van der Waals surface area contributed by atoms with Crippen molar-refractivity contribution in [3.05, 3.63) is 35.4 Å². The second-order valence-corrected chi connectivity index (χ2v) is 5.34. The maximum atomic E-state index is 11.8. The van der Waals surface area contributed by atoms with Crippen LogP contribution in [0.2, 0.25) is 0 Å². The molecule has 0 saturated heterocycles. The Labute approximate surface area is 122 Å². The third kappa shape index (κ3) is 6.71. The largest absolute Gasteiger partial charge is 0.391 e. The highest BCUT2D eigenvalue weighted by atomic mass is 16.3. The number of aliphatic hydroxyl groups is 1. The molecule has 3 nitrogen and oxygen atoms in total. The van der Waals surface area contributed by atoms with Crippen molar-refractivity contribution in [3.8, 4) is 0 Å². The predicted octanol–water partition coefficient (Wildman–Crippen LogP) is 2.85. The lowest BCUT2D eigenvalue weighted by atomic mass is 10.0. The molecule has 1 aromatic carbocycles. The summed E-state index contributed by atoms with van der Waals surface area (Å²) >= 11 is 0. The molecule has 0 bridgehead atoms. The van der Waals surface area contributed by atoms with Crippen LogP contribution in [0.3, 0.4) is 0 Å². The van der Waals surface area contributed by atoms with Crippen molar-refractivity contribution in [2.75, 3.05) is 6.54 Å². The number of benzene rings is 1. The summed E-state index contributed by atoms with van der Waals surface area (Å²) in [6.45, 7) is 4.55. The summed E-state index contributed by atoms with van der Waals surface area (Å²) in [6.07, 6.45) is 5.11. The van der Waals surface area contributed by atoms with Gasteiger partial charge in [-0.3, -0.25) is 4.79 Å². The van der Waals surface area contributed by atoms with E-state index in [0.717, 1.165) is 24.8 Å². The highest BCUT2D eigenvalue weighted by Crippen LogP contribution is 2.08. The molecule has 1 aromatic rings. The zero-order valence-corrected chi connectivity index (χ0v) is 12.7. The minimum Gasteiger partial charge on any atom is -0.391 e. The normalized spacial score (nSPS) is 12.2. The molecule has 2 N–H and O–H groups in total. The van der Waals surface area contributed by atoms with Crippen LogP contribution in [0.1, 0.15) is 50.7 Å². The molecule has 0 fully saturated rings. The van der Waals surface area contributed by atoms with Crippen LogP contribution in [0.4, 0.5) is 0 Å². The van der Waals surface area contributed by atoms with Gasteiger partial charge >= 0.3 is 0 Å². The van der Waals surface area contributed by atoms with Crippen molar-refractivity contribution in [1.29, 1.82) is 0 Å². The number of aliphatic hydroxyl groups excluding tert-OH is 1. The Morgan fingerprint density at radius 1 is 1.15 bits per heavy atom. The fourth-order valence-electron chi connectivity index (χ4n) is 2.12. The predicted molar refractivity (Wildman–Crippen MR) is 82.7 cm³/mol. The van der Waals surface area contributed by atoms with E-state index in [9.17, 15) is 9.90 Å². The van der Waals surface area contributed by atoms with E-state index in [1.165, 1.54) is 18.4 Å². The first kappa shape index (κ1) is 16.7. The van der Waals surface area contributed by atoms with Gasteiger partial charge in [-0.25, -0.2) is 0 Å². The number of nitrogens with one attached hydrogen (secondary N) is 1. The van der Waals surface area contributed by atoms with E-state index < -0.39 is 6.10 Å². The molecule has 0 aliphatic heterocycles. The Kier molecular flexibility index (Phi) is 7.97. The third-order valence-corrected chi connectivity index (χ3v) is 3.36. The van der Waals surface area contributed by atoms with Gasteiger partial charge in [-0.15, -0.1) is 0 Å². The van der Waals surface area contributed by atoms with Crippen LogP contribution in [0, 0.1) is 0 Å². The molecule has 20 heavy (non-hydrogen) atoms. The zero-order valence-electron chi connectivity index (χ0n) is 12.7. The molecule has 0 spiro atoms. The van der Waals surface area contributed by atoms with Crippen molar-refractivity contribution >= 4 is 5.91 Å². The van der Waals surface area contributed by atoms with Gasteiger partial charge in [0.25, 0.3) is 0 Å². The maximum Gasteiger partial charge on any atom is 0.224 e. The van der Waals surface area contributed by atoms with Crippen molar-refractivity contribution < 1.29 is 9.90 Å². The van der Waals surface area contributed by atoms with Crippen LogP contribution in [-0.4, -0.2) is 23.7 Å². The number of carbonyl (C=O) groups excluding carboxylic acids is 1. The highest BCUT2D eigenvalue weighted by molar-refractivity contribution is 5.78. The first-order chi connectivity index (χ1) is 9.65. The number of hydrogen-bond donors (Lipinski definition) is 2. The molecule has 1 rings (SSSR count). The van der Waals surface area contributed by atoms with Crippen LogP contribution in [-0.2, 0) is 17.6 Å². The third-order valence-electron chi connectivity index (χ3n) is 3.36. The van der Waals surface area contributed by atoms with Crippen LogP contribution < -0.4 is 5.32 Å². The molecule has 0 saturated carbocycles. The van der Waals surface area contributed by atoms with E-state index in [1.807, 2.05) is 19.1 Å². The molecule has 0 aromatic heterocycles. The van der Waals surface area contributed by atoms with Crippen LogP contribution >= 0.6 is 0 Å². The average molecular weight is 277 g/mol. The summed E-state index contributed by atoms with van der Waals surface area (Å²) in [7, 11) is 0. The second-order valence-electron chi connectivity index (χ2n) is 5.34. The molecular formula is C17H27NO2. The Morgan fingerprint density at radius 3 is 2.40 bits per heavy atom. The van der Waals surface area contributed by atoms with Gasteiger partial charge < -0.3 is 10.4 Å². The molecule has 112 valence electrons. The molecule has 0 aliphatic rings. The number of aryl methyl sites for hydroxylation is 1. The van der Waals surface area contributed by atoms with E-state index >= 15 is 0 Å². The molecular weight excluding hydrogens is 250 g/mol. The standard InChI is InChI=1S/C17H27NO2/c1-3-5-7-14-8-10-15(11-9-14)12-17(20)18-13-16(19)6-4-2/h8-11,16,19H,3-7,12-13H2,1-2H3,(H,18,20). The zero-order chi connectivity index (χ0) is 14.8. The topological polar surface area (TPSA) is 49.3 Å². The second kappa shape index (κ2) is 9.54. The highest BCUT2D eigenvalue weighted by Gasteiger charge is 2.07. The van der Waals surface area contributed by atoms with Crippen molar-refractivity contribution in [1.82, 2.24) is 5.32 Å². The Bertz CT molecular complexity index is 386. The Morgan fingerprint density at radius 2 is 1.80 bits per heavy atom. The quantitative estimate of drug-likeness (QED) is 0.729. The van der Waals surface area contributed by atoms with Crippen LogP contribution in [0.25, 0.3) is 0 Å². The van der Waals surface area contributed by atoms with Gasteiger partial charge in [0.1, 0.15) is 0 Å². The summed E-state index contributed by atoms with van der Waals surface area (Å²) < 4.78 is 0.